The monoisotopic (exact) mass is 365 g/mol. The van der Waals surface area contributed by atoms with Gasteiger partial charge in [-0.05, 0) is 57.2 Å². The number of piperidine rings is 1. The molecule has 27 heavy (non-hydrogen) atoms. The maximum Gasteiger partial charge on any atom is 0.259 e. The molecule has 7 heteroatoms. The van der Waals surface area contributed by atoms with E-state index in [2.05, 4.69) is 27.5 Å². The number of nitrogens with zero attached hydrogens (tertiary/aromatic N) is 4. The van der Waals surface area contributed by atoms with Crippen LogP contribution in [0.3, 0.4) is 0 Å². The number of nitrogens with one attached hydrogen (secondary N) is 1. The molecule has 1 aromatic carbocycles. The smallest absolute Gasteiger partial charge is 0.259 e. The highest BCUT2D eigenvalue weighted by Crippen LogP contribution is 2.28. The summed E-state index contributed by atoms with van der Waals surface area (Å²) in [6, 6.07) is 11.0. The minimum atomic E-state index is -0.229. The zero-order valence-corrected chi connectivity index (χ0v) is 15.6. The van der Waals surface area contributed by atoms with Crippen LogP contribution >= 0.6 is 0 Å². The number of ether oxygens (including phenoxy) is 1. The van der Waals surface area contributed by atoms with Crippen molar-refractivity contribution in [2.24, 2.45) is 0 Å². The minimum absolute atomic E-state index is 0.229. The van der Waals surface area contributed by atoms with E-state index in [1.165, 1.54) is 0 Å². The average molecular weight is 365 g/mol. The van der Waals surface area contributed by atoms with Crippen LogP contribution in [0.2, 0.25) is 0 Å². The van der Waals surface area contributed by atoms with Crippen molar-refractivity contribution in [2.75, 3.05) is 32.6 Å². The van der Waals surface area contributed by atoms with Crippen LogP contribution in [0, 0.1) is 0 Å². The fourth-order valence-electron chi connectivity index (χ4n) is 3.59. The molecule has 0 spiro atoms. The van der Waals surface area contributed by atoms with Crippen molar-refractivity contribution in [1.82, 2.24) is 19.5 Å². The van der Waals surface area contributed by atoms with Crippen molar-refractivity contribution in [3.8, 4) is 5.75 Å². The third kappa shape index (κ3) is 3.38. The number of carbonyl (C=O) groups excluding carboxylic acids is 1. The van der Waals surface area contributed by atoms with Crippen molar-refractivity contribution in [3.05, 3.63) is 54.0 Å². The summed E-state index contributed by atoms with van der Waals surface area (Å²) in [5.41, 5.74) is 1.70. The Kier molecular flexibility index (Phi) is 4.77. The zero-order valence-electron chi connectivity index (χ0n) is 15.6. The van der Waals surface area contributed by atoms with Crippen LogP contribution in [-0.4, -0.2) is 52.7 Å². The number of methoxy groups -OCH3 is 1. The van der Waals surface area contributed by atoms with Gasteiger partial charge in [-0.3, -0.25) is 9.20 Å². The molecule has 0 atom stereocenters. The topological polar surface area (TPSA) is 71.8 Å². The summed E-state index contributed by atoms with van der Waals surface area (Å²) in [7, 11) is 3.72. The van der Waals surface area contributed by atoms with Gasteiger partial charge in [0.25, 0.3) is 5.91 Å². The summed E-state index contributed by atoms with van der Waals surface area (Å²) < 4.78 is 7.26. The number of rotatable bonds is 4. The lowest BCUT2D eigenvalue weighted by Crippen LogP contribution is -2.30. The number of para-hydroxylation sites is 2. The molecule has 1 saturated heterocycles. The molecule has 4 rings (SSSR count). The van der Waals surface area contributed by atoms with Gasteiger partial charge in [-0.1, -0.05) is 12.1 Å². The Morgan fingerprint density at radius 1 is 1.15 bits per heavy atom. The van der Waals surface area contributed by atoms with E-state index in [-0.39, 0.29) is 5.91 Å². The molecule has 0 radical (unpaired) electrons. The van der Waals surface area contributed by atoms with Crippen molar-refractivity contribution in [2.45, 2.75) is 18.8 Å². The first kappa shape index (κ1) is 17.5. The van der Waals surface area contributed by atoms with Crippen molar-refractivity contribution < 1.29 is 9.53 Å². The van der Waals surface area contributed by atoms with Gasteiger partial charge in [0, 0.05) is 12.1 Å². The second kappa shape index (κ2) is 7.36. The van der Waals surface area contributed by atoms with E-state index in [1.807, 2.05) is 40.9 Å². The number of hydrogen-bond acceptors (Lipinski definition) is 5. The molecule has 0 saturated carbocycles. The normalized spacial score (nSPS) is 15.8. The molecular weight excluding hydrogens is 342 g/mol. The maximum absolute atomic E-state index is 12.9. The van der Waals surface area contributed by atoms with Gasteiger partial charge in [-0.15, -0.1) is 10.2 Å². The number of aromatic nitrogens is 3. The van der Waals surface area contributed by atoms with Gasteiger partial charge < -0.3 is 15.0 Å². The summed E-state index contributed by atoms with van der Waals surface area (Å²) in [5, 5.41) is 11.7. The number of hydrogen-bond donors (Lipinski definition) is 1. The van der Waals surface area contributed by atoms with E-state index >= 15 is 0 Å². The van der Waals surface area contributed by atoms with E-state index in [0.29, 0.717) is 28.6 Å². The summed E-state index contributed by atoms with van der Waals surface area (Å²) in [4.78, 5) is 15.2. The zero-order chi connectivity index (χ0) is 18.8. The first-order chi connectivity index (χ1) is 13.2. The summed E-state index contributed by atoms with van der Waals surface area (Å²) in [6.45, 7) is 2.10. The van der Waals surface area contributed by atoms with Gasteiger partial charge in [0.2, 0.25) is 0 Å². The highest BCUT2D eigenvalue weighted by atomic mass is 16.5. The molecule has 0 unspecified atom stereocenters. The molecule has 3 heterocycles. The Morgan fingerprint density at radius 2 is 1.93 bits per heavy atom. The van der Waals surface area contributed by atoms with Crippen LogP contribution in [-0.2, 0) is 0 Å². The van der Waals surface area contributed by atoms with Gasteiger partial charge in [-0.25, -0.2) is 0 Å². The number of anilines is 1. The van der Waals surface area contributed by atoms with Gasteiger partial charge in [-0.2, -0.15) is 0 Å². The molecule has 2 aromatic heterocycles. The number of likely N-dealkylation sites (tertiary alicyclic amines) is 1. The SMILES string of the molecule is COc1ccccc1NC(=O)c1cccn2c(C3CCN(C)CC3)nnc12. The lowest BCUT2D eigenvalue weighted by molar-refractivity contribution is 0.102. The highest BCUT2D eigenvalue weighted by Gasteiger charge is 2.24. The van der Waals surface area contributed by atoms with Crippen LogP contribution in [0.25, 0.3) is 5.65 Å². The standard InChI is InChI=1S/C20H23N5O2/c1-24-12-9-14(10-13-24)18-22-23-19-15(6-5-11-25(18)19)20(26)21-16-7-3-4-8-17(16)27-2/h3-8,11,14H,9-10,12-13H2,1-2H3,(H,21,26). The quantitative estimate of drug-likeness (QED) is 0.770. The van der Waals surface area contributed by atoms with Crippen LogP contribution in [0.4, 0.5) is 5.69 Å². The summed E-state index contributed by atoms with van der Waals surface area (Å²) in [6.07, 6.45) is 4.03. The number of pyridine rings is 1. The van der Waals surface area contributed by atoms with Crippen LogP contribution in [0.15, 0.2) is 42.6 Å². The molecule has 1 aliphatic rings. The fraction of sp³-hybridized carbons (Fsp3) is 0.350. The lowest BCUT2D eigenvalue weighted by Gasteiger charge is -2.27. The molecule has 7 nitrogen and oxygen atoms in total. The maximum atomic E-state index is 12.9. The van der Waals surface area contributed by atoms with E-state index in [0.717, 1.165) is 31.8 Å². The van der Waals surface area contributed by atoms with Crippen molar-refractivity contribution in [3.63, 3.8) is 0 Å². The Balaban J connectivity index is 1.64. The van der Waals surface area contributed by atoms with Gasteiger partial charge in [0.05, 0.1) is 18.4 Å². The van der Waals surface area contributed by atoms with E-state index in [1.54, 1.807) is 13.2 Å². The largest absolute Gasteiger partial charge is 0.495 e. The van der Waals surface area contributed by atoms with Gasteiger partial charge in [0.1, 0.15) is 11.6 Å². The van der Waals surface area contributed by atoms with Crippen molar-refractivity contribution >= 4 is 17.2 Å². The second-order valence-electron chi connectivity index (χ2n) is 6.91. The average Bonchev–Trinajstić information content (AvgIpc) is 3.13. The molecular formula is C20H23N5O2. The van der Waals surface area contributed by atoms with Gasteiger partial charge >= 0.3 is 0 Å². The molecule has 1 N–H and O–H groups in total. The Labute approximate surface area is 158 Å². The molecule has 0 bridgehead atoms. The Morgan fingerprint density at radius 3 is 2.70 bits per heavy atom. The summed E-state index contributed by atoms with van der Waals surface area (Å²) in [5.74, 6) is 1.69. The number of fused-ring (bicyclic) bond motifs is 1. The lowest BCUT2D eigenvalue weighted by atomic mass is 9.96. The number of carbonyl (C=O) groups is 1. The van der Waals surface area contributed by atoms with Crippen molar-refractivity contribution in [1.29, 1.82) is 0 Å². The molecule has 3 aromatic rings. The third-order valence-electron chi connectivity index (χ3n) is 5.14. The van der Waals surface area contributed by atoms with E-state index in [9.17, 15) is 4.79 Å². The third-order valence-corrected chi connectivity index (χ3v) is 5.14. The minimum Gasteiger partial charge on any atom is -0.495 e. The van der Waals surface area contributed by atoms with Crippen LogP contribution in [0.1, 0.15) is 34.9 Å². The molecule has 1 fully saturated rings. The summed E-state index contributed by atoms with van der Waals surface area (Å²) >= 11 is 0. The predicted molar refractivity (Wildman–Crippen MR) is 103 cm³/mol. The van der Waals surface area contributed by atoms with Gasteiger partial charge in [0.15, 0.2) is 5.65 Å². The van der Waals surface area contributed by atoms with E-state index in [4.69, 9.17) is 4.74 Å². The van der Waals surface area contributed by atoms with Crippen LogP contribution < -0.4 is 10.1 Å². The first-order valence-corrected chi connectivity index (χ1v) is 9.14. The second-order valence-corrected chi connectivity index (χ2v) is 6.91. The molecule has 0 aliphatic carbocycles. The highest BCUT2D eigenvalue weighted by molar-refractivity contribution is 6.08. The number of amides is 1. The van der Waals surface area contributed by atoms with E-state index < -0.39 is 0 Å². The Bertz CT molecular complexity index is 960. The first-order valence-electron chi connectivity index (χ1n) is 9.14. The molecule has 1 aliphatic heterocycles. The number of benzene rings is 1. The fourth-order valence-corrected chi connectivity index (χ4v) is 3.59. The van der Waals surface area contributed by atoms with Crippen LogP contribution in [0.5, 0.6) is 5.75 Å². The predicted octanol–water partition coefficient (Wildman–Crippen LogP) is 2.80. The molecule has 1 amide bonds. The Hall–Kier alpha value is -2.93. The molecule has 140 valence electrons.